The van der Waals surface area contributed by atoms with Crippen molar-refractivity contribution in [3.05, 3.63) is 34.9 Å². The highest BCUT2D eigenvalue weighted by Crippen LogP contribution is 2.17. The quantitative estimate of drug-likeness (QED) is 0.719. The maximum Gasteiger partial charge on any atom is 0.217 e. The number of halogens is 1. The van der Waals surface area contributed by atoms with Crippen LogP contribution >= 0.6 is 11.6 Å². The highest BCUT2D eigenvalue weighted by atomic mass is 35.5. The number of Topliss-reactive ketones (excluding diaryl/α,β-unsaturated/α-hetero) is 1. The number of aryl methyl sites for hydroxylation is 1. The Bertz CT molecular complexity index is 348. The topological polar surface area (TPSA) is 35.5 Å². The molecule has 0 amide bonds. The number of ketones is 1. The maximum absolute atomic E-state index is 11.6. The SMILES string of the molecule is COC(OC)C(=O)CCc1ccccc1Cl. The number of benzene rings is 1. The van der Waals surface area contributed by atoms with Gasteiger partial charge in [-0.15, -0.1) is 0 Å². The summed E-state index contributed by atoms with van der Waals surface area (Å²) in [5.74, 6) is -0.0788. The summed E-state index contributed by atoms with van der Waals surface area (Å²) in [6, 6.07) is 7.48. The molecule has 0 aliphatic carbocycles. The molecule has 0 atom stereocenters. The summed E-state index contributed by atoms with van der Waals surface area (Å²) in [7, 11) is 2.89. The molecule has 0 aromatic heterocycles. The zero-order valence-corrected chi connectivity index (χ0v) is 10.2. The van der Waals surface area contributed by atoms with Crippen molar-refractivity contribution in [3.8, 4) is 0 Å². The molecule has 0 saturated carbocycles. The summed E-state index contributed by atoms with van der Waals surface area (Å²) in [5, 5.41) is 0.682. The minimum Gasteiger partial charge on any atom is -0.349 e. The number of methoxy groups -OCH3 is 2. The van der Waals surface area contributed by atoms with Gasteiger partial charge in [-0.3, -0.25) is 4.79 Å². The molecule has 4 heteroatoms. The molecular formula is C12H15ClO3. The van der Waals surface area contributed by atoms with Crippen molar-refractivity contribution < 1.29 is 14.3 Å². The Morgan fingerprint density at radius 3 is 2.50 bits per heavy atom. The fourth-order valence-corrected chi connectivity index (χ4v) is 1.67. The van der Waals surface area contributed by atoms with Gasteiger partial charge in [0.1, 0.15) is 0 Å². The smallest absolute Gasteiger partial charge is 0.217 e. The number of carbonyl (C=O) groups excluding carboxylic acids is 1. The third-order valence-corrected chi connectivity index (χ3v) is 2.66. The Labute approximate surface area is 100 Å². The van der Waals surface area contributed by atoms with Crippen LogP contribution in [-0.2, 0) is 20.7 Å². The van der Waals surface area contributed by atoms with Crippen LogP contribution in [0.4, 0.5) is 0 Å². The molecule has 0 spiro atoms. The van der Waals surface area contributed by atoms with Gasteiger partial charge in [-0.05, 0) is 18.1 Å². The van der Waals surface area contributed by atoms with Gasteiger partial charge in [-0.2, -0.15) is 0 Å². The first-order valence-corrected chi connectivity index (χ1v) is 5.38. The number of hydrogen-bond acceptors (Lipinski definition) is 3. The molecule has 1 rings (SSSR count). The molecule has 3 nitrogen and oxygen atoms in total. The monoisotopic (exact) mass is 242 g/mol. The number of rotatable bonds is 6. The Kier molecular flexibility index (Phi) is 5.46. The summed E-state index contributed by atoms with van der Waals surface area (Å²) in [6.07, 6.45) is 0.181. The van der Waals surface area contributed by atoms with Crippen molar-refractivity contribution in [1.29, 1.82) is 0 Å². The summed E-state index contributed by atoms with van der Waals surface area (Å²) in [5.41, 5.74) is 0.962. The van der Waals surface area contributed by atoms with Gasteiger partial charge in [-0.25, -0.2) is 0 Å². The van der Waals surface area contributed by atoms with Gasteiger partial charge in [0, 0.05) is 25.7 Å². The zero-order valence-electron chi connectivity index (χ0n) is 9.40. The first-order chi connectivity index (χ1) is 7.69. The minimum atomic E-state index is -0.775. The lowest BCUT2D eigenvalue weighted by molar-refractivity contribution is -0.156. The van der Waals surface area contributed by atoms with E-state index in [1.807, 2.05) is 24.3 Å². The van der Waals surface area contributed by atoms with E-state index in [2.05, 4.69) is 0 Å². The van der Waals surface area contributed by atoms with Gasteiger partial charge >= 0.3 is 0 Å². The van der Waals surface area contributed by atoms with E-state index in [0.29, 0.717) is 17.9 Å². The van der Waals surface area contributed by atoms with E-state index in [1.54, 1.807) is 0 Å². The van der Waals surface area contributed by atoms with Gasteiger partial charge in [0.15, 0.2) is 5.78 Å². The van der Waals surface area contributed by atoms with Crippen molar-refractivity contribution in [2.45, 2.75) is 19.1 Å². The molecular weight excluding hydrogens is 228 g/mol. The Morgan fingerprint density at radius 2 is 1.94 bits per heavy atom. The summed E-state index contributed by atoms with van der Waals surface area (Å²) in [6.45, 7) is 0. The molecule has 0 aliphatic rings. The minimum absolute atomic E-state index is 0.0788. The first kappa shape index (κ1) is 13.2. The van der Waals surface area contributed by atoms with Crippen LogP contribution in [0.3, 0.4) is 0 Å². The normalized spacial score (nSPS) is 10.8. The second-order valence-corrected chi connectivity index (χ2v) is 3.77. The Hall–Kier alpha value is -0.900. The number of hydrogen-bond donors (Lipinski definition) is 0. The fourth-order valence-electron chi connectivity index (χ4n) is 1.44. The van der Waals surface area contributed by atoms with Crippen LogP contribution in [-0.4, -0.2) is 26.3 Å². The van der Waals surface area contributed by atoms with E-state index in [-0.39, 0.29) is 5.78 Å². The van der Waals surface area contributed by atoms with Gasteiger partial charge in [0.05, 0.1) is 0 Å². The lowest BCUT2D eigenvalue weighted by Crippen LogP contribution is -2.25. The molecule has 0 saturated heterocycles. The number of carbonyl (C=O) groups is 1. The second-order valence-electron chi connectivity index (χ2n) is 3.36. The van der Waals surface area contributed by atoms with Crippen molar-refractivity contribution in [1.82, 2.24) is 0 Å². The Morgan fingerprint density at radius 1 is 1.31 bits per heavy atom. The van der Waals surface area contributed by atoms with E-state index in [4.69, 9.17) is 21.1 Å². The van der Waals surface area contributed by atoms with Crippen molar-refractivity contribution in [3.63, 3.8) is 0 Å². The molecule has 16 heavy (non-hydrogen) atoms. The molecule has 1 aromatic rings. The average Bonchev–Trinajstić information content (AvgIpc) is 2.29. The average molecular weight is 243 g/mol. The van der Waals surface area contributed by atoms with Crippen LogP contribution in [0, 0.1) is 0 Å². The highest BCUT2D eigenvalue weighted by Gasteiger charge is 2.16. The van der Waals surface area contributed by atoms with Crippen molar-refractivity contribution in [2.75, 3.05) is 14.2 Å². The molecule has 0 radical (unpaired) electrons. The molecule has 88 valence electrons. The molecule has 0 heterocycles. The van der Waals surface area contributed by atoms with Gasteiger partial charge in [-0.1, -0.05) is 29.8 Å². The summed E-state index contributed by atoms with van der Waals surface area (Å²) in [4.78, 5) is 11.6. The van der Waals surface area contributed by atoms with Crippen molar-refractivity contribution in [2.24, 2.45) is 0 Å². The largest absolute Gasteiger partial charge is 0.349 e. The van der Waals surface area contributed by atoms with Crippen LogP contribution < -0.4 is 0 Å². The van der Waals surface area contributed by atoms with Gasteiger partial charge < -0.3 is 9.47 Å². The summed E-state index contributed by atoms with van der Waals surface area (Å²) < 4.78 is 9.75. The summed E-state index contributed by atoms with van der Waals surface area (Å²) >= 11 is 5.98. The lowest BCUT2D eigenvalue weighted by Gasteiger charge is -2.11. The molecule has 0 unspecified atom stereocenters. The van der Waals surface area contributed by atoms with Crippen LogP contribution in [0.15, 0.2) is 24.3 Å². The Balaban J connectivity index is 2.52. The fraction of sp³-hybridized carbons (Fsp3) is 0.417. The van der Waals surface area contributed by atoms with Crippen LogP contribution in [0.5, 0.6) is 0 Å². The molecule has 0 bridgehead atoms. The van der Waals surface area contributed by atoms with Gasteiger partial charge in [0.2, 0.25) is 6.29 Å². The van der Waals surface area contributed by atoms with Gasteiger partial charge in [0.25, 0.3) is 0 Å². The van der Waals surface area contributed by atoms with E-state index < -0.39 is 6.29 Å². The third kappa shape index (κ3) is 3.59. The van der Waals surface area contributed by atoms with Crippen LogP contribution in [0.25, 0.3) is 0 Å². The van der Waals surface area contributed by atoms with Crippen molar-refractivity contribution >= 4 is 17.4 Å². The maximum atomic E-state index is 11.6. The highest BCUT2D eigenvalue weighted by molar-refractivity contribution is 6.31. The van der Waals surface area contributed by atoms with E-state index >= 15 is 0 Å². The van der Waals surface area contributed by atoms with Crippen LogP contribution in [0.2, 0.25) is 5.02 Å². The molecule has 0 N–H and O–H groups in total. The number of ether oxygens (including phenoxy) is 2. The standard InChI is InChI=1S/C12H15ClO3/c1-15-12(16-2)11(14)8-7-9-5-3-4-6-10(9)13/h3-6,12H,7-8H2,1-2H3. The predicted molar refractivity (Wildman–Crippen MR) is 62.6 cm³/mol. The zero-order chi connectivity index (χ0) is 12.0. The van der Waals surface area contributed by atoms with E-state index in [9.17, 15) is 4.79 Å². The van der Waals surface area contributed by atoms with Crippen LogP contribution in [0.1, 0.15) is 12.0 Å². The van der Waals surface area contributed by atoms with E-state index in [0.717, 1.165) is 5.56 Å². The first-order valence-electron chi connectivity index (χ1n) is 5.00. The molecule has 1 aromatic carbocycles. The molecule has 0 aliphatic heterocycles. The lowest BCUT2D eigenvalue weighted by atomic mass is 10.1. The predicted octanol–water partition coefficient (Wildman–Crippen LogP) is 2.46. The second kappa shape index (κ2) is 6.63. The molecule has 0 fully saturated rings. The third-order valence-electron chi connectivity index (χ3n) is 2.29. The van der Waals surface area contributed by atoms with E-state index in [1.165, 1.54) is 14.2 Å².